The van der Waals surface area contributed by atoms with Crippen LogP contribution in [0.5, 0.6) is 0 Å². The predicted octanol–water partition coefficient (Wildman–Crippen LogP) is 3.11. The van der Waals surface area contributed by atoms with Gasteiger partial charge in [-0.05, 0) is 32.9 Å². The number of hydrogen-bond donors (Lipinski definition) is 1. The summed E-state index contributed by atoms with van der Waals surface area (Å²) in [6.45, 7) is 5.71. The van der Waals surface area contributed by atoms with Crippen LogP contribution in [-0.4, -0.2) is 31.2 Å². The summed E-state index contributed by atoms with van der Waals surface area (Å²) in [4.78, 5) is 16.6. The average Bonchev–Trinajstić information content (AvgIpc) is 2.87. The molecular weight excluding hydrogens is 351 g/mol. The van der Waals surface area contributed by atoms with Crippen molar-refractivity contribution in [2.24, 2.45) is 0 Å². The van der Waals surface area contributed by atoms with Crippen molar-refractivity contribution < 1.29 is 9.18 Å². The second-order valence-electron chi connectivity index (χ2n) is 6.22. The fourth-order valence-corrected chi connectivity index (χ4v) is 3.78. The van der Waals surface area contributed by atoms with E-state index in [1.165, 1.54) is 6.07 Å². The number of aryl methyl sites for hydroxylation is 1. The minimum atomic E-state index is -0.467. The molecule has 24 heavy (non-hydrogen) atoms. The van der Waals surface area contributed by atoms with Gasteiger partial charge in [0.1, 0.15) is 11.6 Å². The van der Waals surface area contributed by atoms with Gasteiger partial charge in [0.2, 0.25) is 5.91 Å². The molecule has 0 unspecified atom stereocenters. The first-order valence-electron chi connectivity index (χ1n) is 7.57. The number of rotatable bonds is 3. The van der Waals surface area contributed by atoms with Crippen molar-refractivity contribution >= 4 is 29.3 Å². The Labute approximate surface area is 149 Å². The maximum absolute atomic E-state index is 14.1. The lowest BCUT2D eigenvalue weighted by molar-refractivity contribution is -0.123. The Morgan fingerprint density at radius 1 is 1.50 bits per heavy atom. The largest absolute Gasteiger partial charge is 0.344 e. The van der Waals surface area contributed by atoms with E-state index in [0.29, 0.717) is 28.0 Å². The van der Waals surface area contributed by atoms with Gasteiger partial charge in [0.05, 0.1) is 17.3 Å². The first-order valence-corrected chi connectivity index (χ1v) is 8.93. The number of hydrogen-bond acceptors (Lipinski definition) is 4. The summed E-state index contributed by atoms with van der Waals surface area (Å²) < 4.78 is 15.2. The third kappa shape index (κ3) is 3.28. The Balaban J connectivity index is 1.90. The van der Waals surface area contributed by atoms with Gasteiger partial charge >= 0.3 is 0 Å². The Bertz CT molecular complexity index is 772. The van der Waals surface area contributed by atoms with E-state index >= 15 is 0 Å². The van der Waals surface area contributed by atoms with E-state index < -0.39 is 4.75 Å². The van der Waals surface area contributed by atoms with Crippen molar-refractivity contribution in [3.8, 4) is 0 Å². The average molecular weight is 369 g/mol. The number of nitrogens with zero attached hydrogens (tertiary/aromatic N) is 3. The number of aromatic nitrogens is 3. The second-order valence-corrected chi connectivity index (χ2v) is 8.27. The molecule has 1 fully saturated rings. The zero-order valence-corrected chi connectivity index (χ0v) is 15.2. The Kier molecular flexibility index (Phi) is 4.57. The van der Waals surface area contributed by atoms with E-state index in [2.05, 4.69) is 15.4 Å². The van der Waals surface area contributed by atoms with Crippen LogP contribution in [0.2, 0.25) is 5.02 Å². The van der Waals surface area contributed by atoms with Crippen LogP contribution < -0.4 is 5.32 Å². The van der Waals surface area contributed by atoms with Crippen molar-refractivity contribution in [2.75, 3.05) is 5.75 Å². The van der Waals surface area contributed by atoms with Crippen molar-refractivity contribution in [2.45, 2.75) is 38.1 Å². The Hall–Kier alpha value is -1.60. The fourth-order valence-electron chi connectivity index (χ4n) is 2.55. The van der Waals surface area contributed by atoms with Gasteiger partial charge < -0.3 is 5.32 Å². The normalized spacial score (nSPS) is 20.0. The molecule has 0 radical (unpaired) electrons. The number of carbonyl (C=O) groups excluding carboxylic acids is 1. The van der Waals surface area contributed by atoms with Crippen LogP contribution in [-0.2, 0) is 11.3 Å². The molecule has 1 aliphatic rings. The van der Waals surface area contributed by atoms with Gasteiger partial charge in [0.15, 0.2) is 5.82 Å². The second kappa shape index (κ2) is 6.37. The highest BCUT2D eigenvalue weighted by molar-refractivity contribution is 8.01. The maximum atomic E-state index is 14.1. The summed E-state index contributed by atoms with van der Waals surface area (Å²) in [7, 11) is 0. The number of benzene rings is 1. The molecule has 1 aromatic heterocycles. The van der Waals surface area contributed by atoms with E-state index in [1.807, 2.05) is 13.8 Å². The smallest absolute Gasteiger partial charge is 0.236 e. The molecule has 1 aliphatic heterocycles. The number of halogens is 2. The molecule has 3 rings (SSSR count). The van der Waals surface area contributed by atoms with Gasteiger partial charge in [-0.15, -0.1) is 11.8 Å². The summed E-state index contributed by atoms with van der Waals surface area (Å²) in [6.07, 6.45) is 0. The minimum absolute atomic E-state index is 0.0418. The first kappa shape index (κ1) is 17.2. The lowest BCUT2D eigenvalue weighted by Crippen LogP contribution is -2.48. The van der Waals surface area contributed by atoms with E-state index in [0.717, 1.165) is 0 Å². The first-order chi connectivity index (χ1) is 11.3. The third-order valence-electron chi connectivity index (χ3n) is 3.95. The molecule has 8 heteroatoms. The zero-order chi connectivity index (χ0) is 17.5. The summed E-state index contributed by atoms with van der Waals surface area (Å²) in [5.41, 5.74) is 0.362. The van der Waals surface area contributed by atoms with E-state index in [9.17, 15) is 9.18 Å². The molecule has 2 heterocycles. The van der Waals surface area contributed by atoms with Crippen LogP contribution >= 0.6 is 23.4 Å². The zero-order valence-electron chi connectivity index (χ0n) is 13.6. The van der Waals surface area contributed by atoms with Gasteiger partial charge in [-0.3, -0.25) is 4.79 Å². The molecule has 0 bridgehead atoms. The highest BCUT2D eigenvalue weighted by Gasteiger charge is 2.37. The molecule has 2 aromatic rings. The molecule has 0 saturated carbocycles. The van der Waals surface area contributed by atoms with E-state index in [-0.39, 0.29) is 24.3 Å². The number of amides is 1. The molecule has 0 aliphatic carbocycles. The summed E-state index contributed by atoms with van der Waals surface area (Å²) in [5.74, 6) is 1.44. The van der Waals surface area contributed by atoms with Crippen LogP contribution in [0, 0.1) is 12.7 Å². The minimum Gasteiger partial charge on any atom is -0.344 e. The van der Waals surface area contributed by atoms with Crippen LogP contribution in [0.1, 0.15) is 37.1 Å². The van der Waals surface area contributed by atoms with Crippen molar-refractivity contribution in [3.05, 3.63) is 46.3 Å². The van der Waals surface area contributed by atoms with Crippen LogP contribution in [0.3, 0.4) is 0 Å². The molecule has 1 N–H and O–H groups in total. The maximum Gasteiger partial charge on any atom is 0.236 e. The third-order valence-corrected chi connectivity index (χ3v) is 5.71. The summed E-state index contributed by atoms with van der Waals surface area (Å²) >= 11 is 7.68. The van der Waals surface area contributed by atoms with E-state index in [4.69, 9.17) is 11.6 Å². The van der Waals surface area contributed by atoms with Gasteiger partial charge in [0.25, 0.3) is 0 Å². The quantitative estimate of drug-likeness (QED) is 0.904. The number of thioether (sulfide) groups is 1. The standard InChI is InChI=1S/C16H18ClFN4OS/c1-9-19-14(13-8-24-16(2,3)15(23)20-13)22(21-9)7-10-11(17)5-4-6-12(10)18/h4-6,13H,7-8H2,1-3H3,(H,20,23)/t13-/m1/s1. The molecule has 0 spiro atoms. The van der Waals surface area contributed by atoms with Crippen LogP contribution in [0.15, 0.2) is 18.2 Å². The van der Waals surface area contributed by atoms with Crippen molar-refractivity contribution in [1.82, 2.24) is 20.1 Å². The molecule has 1 amide bonds. The molecular formula is C16H18ClFN4OS. The van der Waals surface area contributed by atoms with Crippen molar-refractivity contribution in [1.29, 1.82) is 0 Å². The van der Waals surface area contributed by atoms with Gasteiger partial charge in [-0.2, -0.15) is 5.10 Å². The predicted molar refractivity (Wildman–Crippen MR) is 92.7 cm³/mol. The highest BCUT2D eigenvalue weighted by atomic mass is 35.5. The molecule has 1 atom stereocenters. The number of nitrogens with one attached hydrogen (secondary N) is 1. The summed E-state index contributed by atoms with van der Waals surface area (Å²) in [5, 5.41) is 7.67. The van der Waals surface area contributed by atoms with Crippen LogP contribution in [0.4, 0.5) is 4.39 Å². The van der Waals surface area contributed by atoms with Gasteiger partial charge in [-0.1, -0.05) is 17.7 Å². The van der Waals surface area contributed by atoms with Gasteiger partial charge in [0, 0.05) is 16.3 Å². The summed E-state index contributed by atoms with van der Waals surface area (Å²) in [6, 6.07) is 4.31. The lowest BCUT2D eigenvalue weighted by atomic mass is 10.1. The van der Waals surface area contributed by atoms with Crippen LogP contribution in [0.25, 0.3) is 0 Å². The van der Waals surface area contributed by atoms with E-state index in [1.54, 1.807) is 35.5 Å². The molecule has 1 saturated heterocycles. The fraction of sp³-hybridized carbons (Fsp3) is 0.438. The Morgan fingerprint density at radius 2 is 2.25 bits per heavy atom. The molecule has 128 valence electrons. The molecule has 5 nitrogen and oxygen atoms in total. The molecule has 1 aromatic carbocycles. The van der Waals surface area contributed by atoms with Gasteiger partial charge in [-0.25, -0.2) is 14.1 Å². The number of carbonyl (C=O) groups is 1. The Morgan fingerprint density at radius 3 is 2.92 bits per heavy atom. The SMILES string of the molecule is Cc1nc([C@H]2CSC(C)(C)C(=O)N2)n(Cc2c(F)cccc2Cl)n1. The topological polar surface area (TPSA) is 59.8 Å². The monoisotopic (exact) mass is 368 g/mol. The lowest BCUT2D eigenvalue weighted by Gasteiger charge is -2.33. The van der Waals surface area contributed by atoms with Crippen molar-refractivity contribution in [3.63, 3.8) is 0 Å². The highest BCUT2D eigenvalue weighted by Crippen LogP contribution is 2.34.